The first-order valence-electron chi connectivity index (χ1n) is 9.77. The number of alkyl halides is 2. The molecule has 1 aliphatic carbocycles. The van der Waals surface area contributed by atoms with Crippen LogP contribution in [0.2, 0.25) is 5.02 Å². The van der Waals surface area contributed by atoms with Crippen molar-refractivity contribution < 1.29 is 23.0 Å². The van der Waals surface area contributed by atoms with Gasteiger partial charge in [0.05, 0.1) is 18.0 Å². The van der Waals surface area contributed by atoms with Gasteiger partial charge in [0.25, 0.3) is 0 Å². The third kappa shape index (κ3) is 2.86. The van der Waals surface area contributed by atoms with Crippen molar-refractivity contribution in [2.75, 3.05) is 6.61 Å². The lowest BCUT2D eigenvalue weighted by Gasteiger charge is -2.38. The monoisotopic (exact) mass is 449 g/mol. The van der Waals surface area contributed by atoms with Crippen molar-refractivity contribution in [3.05, 3.63) is 52.5 Å². The molecular weight excluding hydrogens is 432 g/mol. The molecular formula is C22H18ClF2NO3S. The molecule has 2 bridgehead atoms. The van der Waals surface area contributed by atoms with Gasteiger partial charge in [-0.2, -0.15) is 8.78 Å². The van der Waals surface area contributed by atoms with Crippen LogP contribution in [0.1, 0.15) is 42.7 Å². The molecule has 0 aromatic heterocycles. The zero-order chi connectivity index (χ0) is 21.0. The summed E-state index contributed by atoms with van der Waals surface area (Å²) in [5.41, 5.74) is 3.10. The number of esters is 1. The van der Waals surface area contributed by atoms with Gasteiger partial charge in [0, 0.05) is 27.3 Å². The second-order valence-corrected chi connectivity index (χ2v) is 9.30. The summed E-state index contributed by atoms with van der Waals surface area (Å²) in [5, 5.41) is 0.570. The number of hydrogen-bond acceptors (Lipinski definition) is 5. The zero-order valence-electron chi connectivity index (χ0n) is 16.0. The minimum atomic E-state index is -2.93. The molecule has 3 aliphatic heterocycles. The van der Waals surface area contributed by atoms with E-state index in [0.717, 1.165) is 21.9 Å². The molecule has 0 N–H and O–H groups in total. The number of carbonyl (C=O) groups is 1. The molecule has 2 aromatic carbocycles. The zero-order valence-corrected chi connectivity index (χ0v) is 17.6. The summed E-state index contributed by atoms with van der Waals surface area (Å²) < 4.78 is 35.7. The van der Waals surface area contributed by atoms with Crippen LogP contribution in [0, 0.1) is 0 Å². The van der Waals surface area contributed by atoms with Gasteiger partial charge in [-0.1, -0.05) is 17.7 Å². The highest BCUT2D eigenvalue weighted by molar-refractivity contribution is 8.02. The fourth-order valence-electron chi connectivity index (χ4n) is 4.90. The molecule has 0 spiro atoms. The lowest BCUT2D eigenvalue weighted by atomic mass is 9.68. The van der Waals surface area contributed by atoms with Crippen molar-refractivity contribution >= 4 is 40.7 Å². The maximum absolute atomic E-state index is 13.3. The number of fused-ring (bicyclic) bond motifs is 2. The Balaban J connectivity index is 1.75. The maximum Gasteiger partial charge on any atom is 0.387 e. The number of thioether (sulfide) groups is 1. The van der Waals surface area contributed by atoms with Crippen molar-refractivity contribution in [1.82, 2.24) is 0 Å². The number of nitrogens with zero attached hydrogens (tertiary/aromatic N) is 1. The molecule has 6 rings (SSSR count). The van der Waals surface area contributed by atoms with Gasteiger partial charge in [0.15, 0.2) is 4.75 Å². The van der Waals surface area contributed by atoms with E-state index in [1.54, 1.807) is 25.1 Å². The van der Waals surface area contributed by atoms with E-state index in [0.29, 0.717) is 23.4 Å². The number of benzene rings is 2. The molecule has 0 saturated heterocycles. The van der Waals surface area contributed by atoms with Gasteiger partial charge < -0.3 is 9.47 Å². The summed E-state index contributed by atoms with van der Waals surface area (Å²) >= 11 is 7.62. The Morgan fingerprint density at radius 1 is 1.37 bits per heavy atom. The van der Waals surface area contributed by atoms with Gasteiger partial charge in [-0.05, 0) is 55.7 Å². The maximum atomic E-state index is 13.3. The smallest absolute Gasteiger partial charge is 0.387 e. The van der Waals surface area contributed by atoms with Crippen molar-refractivity contribution in [1.29, 1.82) is 0 Å². The first kappa shape index (κ1) is 19.8. The summed E-state index contributed by atoms with van der Waals surface area (Å²) in [4.78, 5) is 18.9. The quantitative estimate of drug-likeness (QED) is 0.529. The first-order chi connectivity index (χ1) is 14.4. The summed E-state index contributed by atoms with van der Waals surface area (Å²) in [6.45, 7) is -0.908. The minimum Gasteiger partial charge on any atom is -0.465 e. The topological polar surface area (TPSA) is 47.9 Å². The number of hydrogen-bond donors (Lipinski definition) is 0. The average molecular weight is 450 g/mol. The van der Waals surface area contributed by atoms with E-state index in [1.807, 2.05) is 18.2 Å². The number of halogens is 3. The lowest BCUT2D eigenvalue weighted by Crippen LogP contribution is -2.49. The Hall–Kier alpha value is -2.12. The van der Waals surface area contributed by atoms with Gasteiger partial charge in [0.2, 0.25) is 0 Å². The van der Waals surface area contributed by atoms with Gasteiger partial charge in [0.1, 0.15) is 5.75 Å². The molecule has 3 atom stereocenters. The van der Waals surface area contributed by atoms with Crippen LogP contribution in [-0.2, 0) is 9.53 Å². The van der Waals surface area contributed by atoms with E-state index in [4.69, 9.17) is 26.1 Å². The summed E-state index contributed by atoms with van der Waals surface area (Å²) in [6.07, 6.45) is 1.14. The highest BCUT2D eigenvalue weighted by atomic mass is 35.5. The van der Waals surface area contributed by atoms with Gasteiger partial charge in [-0.15, -0.1) is 11.8 Å². The Labute approximate surface area is 181 Å². The van der Waals surface area contributed by atoms with E-state index in [2.05, 4.69) is 0 Å². The van der Waals surface area contributed by atoms with E-state index >= 15 is 0 Å². The van der Waals surface area contributed by atoms with Crippen LogP contribution < -0.4 is 4.74 Å². The van der Waals surface area contributed by atoms with Crippen molar-refractivity contribution in [3.8, 4) is 5.75 Å². The molecule has 1 saturated carbocycles. The van der Waals surface area contributed by atoms with Crippen LogP contribution in [0.4, 0.5) is 14.5 Å². The Kier molecular flexibility index (Phi) is 4.78. The fourth-order valence-corrected chi connectivity index (χ4v) is 6.60. The molecule has 4 aliphatic rings. The fraction of sp³-hybridized carbons (Fsp3) is 0.364. The third-order valence-corrected chi connectivity index (χ3v) is 7.73. The van der Waals surface area contributed by atoms with Crippen LogP contribution in [-0.4, -0.2) is 29.6 Å². The molecule has 30 heavy (non-hydrogen) atoms. The molecule has 156 valence electrons. The SMILES string of the molecule is CCOC(=O)C12CC[C@H](c3c(OC(F)F)cccc3S1)C1C2=Nc2ccc(Cl)cc21. The number of ether oxygens (including phenoxy) is 2. The second-order valence-electron chi connectivity index (χ2n) is 7.52. The Morgan fingerprint density at radius 3 is 2.97 bits per heavy atom. The van der Waals surface area contributed by atoms with E-state index in [-0.39, 0.29) is 30.2 Å². The normalized spacial score (nSPS) is 25.8. The summed E-state index contributed by atoms with van der Waals surface area (Å²) in [5.74, 6) is -0.584. The van der Waals surface area contributed by atoms with E-state index in [9.17, 15) is 13.6 Å². The molecule has 8 heteroatoms. The average Bonchev–Trinajstić information content (AvgIpc) is 2.93. The second kappa shape index (κ2) is 7.24. The van der Waals surface area contributed by atoms with Crippen LogP contribution in [0.5, 0.6) is 5.75 Å². The van der Waals surface area contributed by atoms with Gasteiger partial charge in [-0.25, -0.2) is 0 Å². The Bertz CT molecular complexity index is 1080. The van der Waals surface area contributed by atoms with Gasteiger partial charge >= 0.3 is 12.6 Å². The molecule has 1 fully saturated rings. The minimum absolute atomic E-state index is 0.147. The predicted molar refractivity (Wildman–Crippen MR) is 112 cm³/mol. The van der Waals surface area contributed by atoms with Crippen molar-refractivity contribution in [2.45, 2.75) is 47.9 Å². The first-order valence-corrected chi connectivity index (χ1v) is 11.0. The lowest BCUT2D eigenvalue weighted by molar-refractivity contribution is -0.144. The summed E-state index contributed by atoms with van der Waals surface area (Å²) in [6, 6.07) is 10.6. The van der Waals surface area contributed by atoms with Crippen molar-refractivity contribution in [3.63, 3.8) is 0 Å². The van der Waals surface area contributed by atoms with Crippen LogP contribution >= 0.6 is 23.4 Å². The molecule has 3 heterocycles. The highest BCUT2D eigenvalue weighted by Gasteiger charge is 2.59. The number of aliphatic imine (C=N–C) groups is 1. The van der Waals surface area contributed by atoms with E-state index in [1.165, 1.54) is 11.8 Å². The van der Waals surface area contributed by atoms with Crippen molar-refractivity contribution in [2.24, 2.45) is 4.99 Å². The predicted octanol–water partition coefficient (Wildman–Crippen LogP) is 6.10. The molecule has 2 aromatic rings. The van der Waals surface area contributed by atoms with Crippen LogP contribution in [0.25, 0.3) is 0 Å². The number of rotatable bonds is 4. The van der Waals surface area contributed by atoms with Gasteiger partial charge in [-0.3, -0.25) is 9.79 Å². The standard InChI is InChI=1S/C22H18ClF2NO3S/c1-2-28-20(27)22-9-8-12(17-13-10-11(23)6-7-14(13)26-19(17)22)18-15(29-21(24)25)4-3-5-16(18)30-22/h3-7,10,12,17,21H,2,8-9H2,1H3/t12-,17?,22?/m0/s1. The molecule has 0 radical (unpaired) electrons. The summed E-state index contributed by atoms with van der Waals surface area (Å²) in [7, 11) is 0. The molecule has 0 amide bonds. The molecule has 2 unspecified atom stereocenters. The Morgan fingerprint density at radius 2 is 2.20 bits per heavy atom. The highest BCUT2D eigenvalue weighted by Crippen LogP contribution is 2.63. The van der Waals surface area contributed by atoms with Crippen LogP contribution in [0.15, 0.2) is 46.3 Å². The van der Waals surface area contributed by atoms with E-state index < -0.39 is 11.4 Å². The molecule has 4 nitrogen and oxygen atoms in total. The third-order valence-electron chi connectivity index (χ3n) is 5.99. The number of carbonyl (C=O) groups excluding carboxylic acids is 1. The van der Waals surface area contributed by atoms with Crippen LogP contribution in [0.3, 0.4) is 0 Å². The largest absolute Gasteiger partial charge is 0.465 e.